The van der Waals surface area contributed by atoms with Crippen LogP contribution in [0.15, 0.2) is 27.1 Å². The van der Waals surface area contributed by atoms with Crippen LogP contribution in [0.4, 0.5) is 0 Å². The molecule has 2 aromatic rings. The van der Waals surface area contributed by atoms with E-state index in [0.717, 1.165) is 11.3 Å². The monoisotopic (exact) mass is 223 g/mol. The number of hydrogen-bond donors (Lipinski definition) is 0. The molecule has 0 unspecified atom stereocenters. The first-order chi connectivity index (χ1) is 7.22. The number of aryl methyl sites for hydroxylation is 2. The van der Waals surface area contributed by atoms with Crippen LogP contribution in [0.2, 0.25) is 0 Å². The molecule has 2 heterocycles. The van der Waals surface area contributed by atoms with Crippen molar-refractivity contribution in [2.45, 2.75) is 17.2 Å². The van der Waals surface area contributed by atoms with Crippen molar-refractivity contribution >= 4 is 18.0 Å². The van der Waals surface area contributed by atoms with E-state index >= 15 is 0 Å². The Morgan fingerprint density at radius 1 is 1.60 bits per heavy atom. The number of carbonyl (C=O) groups is 1. The highest BCUT2D eigenvalue weighted by Crippen LogP contribution is 2.29. The van der Waals surface area contributed by atoms with Crippen LogP contribution >= 0.6 is 11.8 Å². The maximum atomic E-state index is 10.9. The minimum Gasteiger partial charge on any atom is -0.440 e. The molecule has 15 heavy (non-hydrogen) atoms. The number of hydrogen-bond acceptors (Lipinski definition) is 5. The van der Waals surface area contributed by atoms with Crippen LogP contribution in [-0.4, -0.2) is 21.1 Å². The number of nitrogens with zero attached hydrogens (tertiary/aromatic N) is 3. The Kier molecular flexibility index (Phi) is 2.59. The Hall–Kier alpha value is -1.56. The second kappa shape index (κ2) is 3.90. The lowest BCUT2D eigenvalue weighted by Gasteiger charge is -1.97. The van der Waals surface area contributed by atoms with Gasteiger partial charge in [0.25, 0.3) is 5.22 Å². The van der Waals surface area contributed by atoms with Crippen molar-refractivity contribution in [2.24, 2.45) is 7.05 Å². The van der Waals surface area contributed by atoms with Gasteiger partial charge >= 0.3 is 0 Å². The summed E-state index contributed by atoms with van der Waals surface area (Å²) in [4.78, 5) is 14.8. The molecule has 0 amide bonds. The largest absolute Gasteiger partial charge is 0.440 e. The zero-order valence-corrected chi connectivity index (χ0v) is 9.11. The molecule has 2 aromatic heterocycles. The lowest BCUT2D eigenvalue weighted by atomic mass is 10.3. The van der Waals surface area contributed by atoms with E-state index in [9.17, 15) is 4.79 Å². The maximum Gasteiger partial charge on any atom is 0.261 e. The van der Waals surface area contributed by atoms with Gasteiger partial charge in [0, 0.05) is 7.05 Å². The molecule has 0 aliphatic carbocycles. The first kappa shape index (κ1) is 9.97. The van der Waals surface area contributed by atoms with E-state index in [2.05, 4.69) is 10.1 Å². The third kappa shape index (κ3) is 1.80. The summed E-state index contributed by atoms with van der Waals surface area (Å²) in [6.45, 7) is 1.79. The van der Waals surface area contributed by atoms with Crippen LogP contribution in [0.25, 0.3) is 0 Å². The standard InChI is InChI=1S/C9H9N3O2S/c1-6-7(5-13)8(12(2)11-6)15-9-10-3-4-14-9/h3-5H,1-2H3. The zero-order chi connectivity index (χ0) is 10.8. The van der Waals surface area contributed by atoms with E-state index in [0.29, 0.717) is 16.5 Å². The van der Waals surface area contributed by atoms with Gasteiger partial charge in [-0.1, -0.05) is 0 Å². The fraction of sp³-hybridized carbons (Fsp3) is 0.222. The molecule has 0 N–H and O–H groups in total. The van der Waals surface area contributed by atoms with Crippen molar-refractivity contribution in [3.8, 4) is 0 Å². The molecule has 0 saturated carbocycles. The quantitative estimate of drug-likeness (QED) is 0.741. The molecule has 0 radical (unpaired) electrons. The SMILES string of the molecule is Cc1nn(C)c(Sc2ncco2)c1C=O. The fourth-order valence-electron chi connectivity index (χ4n) is 1.25. The first-order valence-electron chi connectivity index (χ1n) is 4.28. The lowest BCUT2D eigenvalue weighted by molar-refractivity contribution is 0.112. The van der Waals surface area contributed by atoms with Gasteiger partial charge < -0.3 is 4.42 Å². The highest BCUT2D eigenvalue weighted by Gasteiger charge is 2.15. The van der Waals surface area contributed by atoms with E-state index in [-0.39, 0.29) is 0 Å². The predicted octanol–water partition coefficient (Wildman–Crippen LogP) is 1.68. The van der Waals surface area contributed by atoms with E-state index in [1.165, 1.54) is 18.0 Å². The summed E-state index contributed by atoms with van der Waals surface area (Å²) in [5.74, 6) is 0. The van der Waals surface area contributed by atoms with Crippen molar-refractivity contribution in [3.63, 3.8) is 0 Å². The molecule has 0 fully saturated rings. The molecule has 0 aliphatic heterocycles. The van der Waals surface area contributed by atoms with Gasteiger partial charge in [-0.05, 0) is 18.7 Å². The van der Waals surface area contributed by atoms with Crippen molar-refractivity contribution in [3.05, 3.63) is 23.7 Å². The van der Waals surface area contributed by atoms with Crippen molar-refractivity contribution in [2.75, 3.05) is 0 Å². The van der Waals surface area contributed by atoms with Gasteiger partial charge in [0.15, 0.2) is 6.29 Å². The highest BCUT2D eigenvalue weighted by atomic mass is 32.2. The van der Waals surface area contributed by atoms with Gasteiger partial charge in [0.2, 0.25) is 0 Å². The molecule has 2 rings (SSSR count). The molecule has 0 spiro atoms. The van der Waals surface area contributed by atoms with E-state index in [4.69, 9.17) is 4.42 Å². The van der Waals surface area contributed by atoms with E-state index < -0.39 is 0 Å². The number of carbonyl (C=O) groups excluding carboxylic acids is 1. The molecule has 6 heteroatoms. The number of aldehydes is 1. The Labute approximate surface area is 90.5 Å². The minimum atomic E-state index is 0.501. The Bertz CT molecular complexity index is 476. The third-order valence-electron chi connectivity index (χ3n) is 1.93. The van der Waals surface area contributed by atoms with E-state index in [1.54, 1.807) is 24.9 Å². The second-order valence-electron chi connectivity index (χ2n) is 2.95. The van der Waals surface area contributed by atoms with Gasteiger partial charge in [0.05, 0.1) is 17.5 Å². The van der Waals surface area contributed by atoms with Crippen LogP contribution in [0.5, 0.6) is 0 Å². The van der Waals surface area contributed by atoms with Gasteiger partial charge in [-0.15, -0.1) is 0 Å². The average molecular weight is 223 g/mol. The summed E-state index contributed by atoms with van der Waals surface area (Å²) in [5, 5.41) is 5.40. The molecule has 0 aliphatic rings. The molecular weight excluding hydrogens is 214 g/mol. The maximum absolute atomic E-state index is 10.9. The summed E-state index contributed by atoms with van der Waals surface area (Å²) < 4.78 is 6.74. The summed E-state index contributed by atoms with van der Waals surface area (Å²) >= 11 is 1.28. The van der Waals surface area contributed by atoms with Crippen LogP contribution in [-0.2, 0) is 7.05 Å². The summed E-state index contributed by atoms with van der Waals surface area (Å²) in [6.07, 6.45) is 3.85. The molecular formula is C9H9N3O2S. The molecule has 0 aromatic carbocycles. The van der Waals surface area contributed by atoms with Crippen molar-refractivity contribution in [1.82, 2.24) is 14.8 Å². The lowest BCUT2D eigenvalue weighted by Crippen LogP contribution is -1.93. The van der Waals surface area contributed by atoms with Gasteiger partial charge in [-0.2, -0.15) is 5.10 Å². The molecule has 0 saturated heterocycles. The smallest absolute Gasteiger partial charge is 0.261 e. The predicted molar refractivity (Wildman–Crippen MR) is 54.0 cm³/mol. The van der Waals surface area contributed by atoms with Crippen LogP contribution < -0.4 is 0 Å². The highest BCUT2D eigenvalue weighted by molar-refractivity contribution is 7.99. The first-order valence-corrected chi connectivity index (χ1v) is 5.10. The van der Waals surface area contributed by atoms with Gasteiger partial charge in [-0.25, -0.2) is 4.98 Å². The number of aromatic nitrogens is 3. The van der Waals surface area contributed by atoms with Crippen molar-refractivity contribution in [1.29, 1.82) is 0 Å². The Morgan fingerprint density at radius 3 is 3.00 bits per heavy atom. The van der Waals surface area contributed by atoms with Gasteiger partial charge in [0.1, 0.15) is 11.3 Å². The van der Waals surface area contributed by atoms with Crippen LogP contribution in [0.3, 0.4) is 0 Å². The average Bonchev–Trinajstić information content (AvgIpc) is 2.77. The Balaban J connectivity index is 2.39. The topological polar surface area (TPSA) is 60.9 Å². The second-order valence-corrected chi connectivity index (χ2v) is 3.89. The molecule has 0 bridgehead atoms. The zero-order valence-electron chi connectivity index (χ0n) is 8.30. The summed E-state index contributed by atoms with van der Waals surface area (Å²) in [5.41, 5.74) is 1.29. The summed E-state index contributed by atoms with van der Waals surface area (Å²) in [7, 11) is 1.78. The van der Waals surface area contributed by atoms with Crippen LogP contribution in [0.1, 0.15) is 16.1 Å². The number of oxazole rings is 1. The third-order valence-corrected chi connectivity index (χ3v) is 2.98. The van der Waals surface area contributed by atoms with E-state index in [1.807, 2.05) is 0 Å². The molecule has 5 nitrogen and oxygen atoms in total. The fourth-order valence-corrected chi connectivity index (χ4v) is 2.11. The summed E-state index contributed by atoms with van der Waals surface area (Å²) in [6, 6.07) is 0. The Morgan fingerprint density at radius 2 is 2.40 bits per heavy atom. The minimum absolute atomic E-state index is 0.501. The molecule has 0 atom stereocenters. The normalized spacial score (nSPS) is 10.5. The number of rotatable bonds is 3. The van der Waals surface area contributed by atoms with Crippen molar-refractivity contribution < 1.29 is 9.21 Å². The van der Waals surface area contributed by atoms with Crippen LogP contribution in [0, 0.1) is 6.92 Å². The van der Waals surface area contributed by atoms with Gasteiger partial charge in [-0.3, -0.25) is 9.48 Å². The molecule has 78 valence electrons.